The van der Waals surface area contributed by atoms with Gasteiger partial charge in [-0.05, 0) is 25.0 Å². The van der Waals surface area contributed by atoms with Crippen LogP contribution in [0.2, 0.25) is 0 Å². The molecule has 0 aliphatic rings. The summed E-state index contributed by atoms with van der Waals surface area (Å²) >= 11 is 0. The minimum atomic E-state index is -3.04. The van der Waals surface area contributed by atoms with E-state index in [0.717, 1.165) is 11.3 Å². The molecule has 0 bridgehead atoms. The standard InChI is InChI=1S/C14H20N4O3P/c1-3-20-22(19,21-4-2)10-9-18-8-6-13(11-17-18)14-5-7-15-12-16-14/h5-8,11-12H,3-4,9-10H2,1-2H3/q+1. The van der Waals surface area contributed by atoms with Crippen molar-refractivity contribution in [3.63, 3.8) is 0 Å². The van der Waals surface area contributed by atoms with E-state index in [1.165, 1.54) is 6.33 Å². The third-order valence-electron chi connectivity index (χ3n) is 2.90. The van der Waals surface area contributed by atoms with Crippen LogP contribution in [-0.2, 0) is 20.2 Å². The van der Waals surface area contributed by atoms with Crippen LogP contribution in [-0.4, -0.2) is 34.4 Å². The highest BCUT2D eigenvalue weighted by atomic mass is 31.2. The zero-order valence-electron chi connectivity index (χ0n) is 12.8. The molecule has 0 fully saturated rings. The van der Waals surface area contributed by atoms with Crippen LogP contribution in [0, 0.1) is 0 Å². The van der Waals surface area contributed by atoms with Crippen LogP contribution in [0.1, 0.15) is 13.8 Å². The molecule has 0 atom stereocenters. The lowest BCUT2D eigenvalue weighted by atomic mass is 10.2. The predicted octanol–water partition coefficient (Wildman–Crippen LogP) is 2.09. The first kappa shape index (κ1) is 16.7. The number of hydrogen-bond donors (Lipinski definition) is 0. The molecule has 0 radical (unpaired) electrons. The number of hydrogen-bond acceptors (Lipinski definition) is 6. The lowest BCUT2D eigenvalue weighted by molar-refractivity contribution is -0.750. The van der Waals surface area contributed by atoms with Crippen molar-refractivity contribution < 1.29 is 18.3 Å². The highest BCUT2D eigenvalue weighted by molar-refractivity contribution is 7.53. The Morgan fingerprint density at radius 3 is 2.55 bits per heavy atom. The van der Waals surface area contributed by atoms with Gasteiger partial charge in [-0.3, -0.25) is 4.57 Å². The Morgan fingerprint density at radius 1 is 1.23 bits per heavy atom. The highest BCUT2D eigenvalue weighted by Gasteiger charge is 2.25. The maximum absolute atomic E-state index is 12.4. The fraction of sp³-hybridized carbons (Fsp3) is 0.429. The summed E-state index contributed by atoms with van der Waals surface area (Å²) in [5.41, 5.74) is 1.71. The Morgan fingerprint density at radius 2 is 2.00 bits per heavy atom. The van der Waals surface area contributed by atoms with Gasteiger partial charge in [0.25, 0.3) is 0 Å². The molecular weight excluding hydrogens is 303 g/mol. The van der Waals surface area contributed by atoms with Crippen molar-refractivity contribution in [1.82, 2.24) is 15.1 Å². The van der Waals surface area contributed by atoms with Gasteiger partial charge in [0.1, 0.15) is 18.7 Å². The van der Waals surface area contributed by atoms with Crippen LogP contribution >= 0.6 is 7.60 Å². The van der Waals surface area contributed by atoms with Crippen LogP contribution < -0.4 is 4.68 Å². The Labute approximate surface area is 129 Å². The number of aromatic nitrogens is 4. The van der Waals surface area contributed by atoms with E-state index in [1.54, 1.807) is 30.9 Å². The summed E-state index contributed by atoms with van der Waals surface area (Å²) in [4.78, 5) is 8.05. The lowest BCUT2D eigenvalue weighted by Gasteiger charge is -2.14. The lowest BCUT2D eigenvalue weighted by Crippen LogP contribution is -2.39. The van der Waals surface area contributed by atoms with Crippen LogP contribution in [0.15, 0.2) is 37.1 Å². The molecule has 0 unspecified atom stereocenters. The van der Waals surface area contributed by atoms with Crippen molar-refractivity contribution in [2.75, 3.05) is 19.4 Å². The minimum Gasteiger partial charge on any atom is -0.309 e. The van der Waals surface area contributed by atoms with Crippen molar-refractivity contribution in [3.8, 4) is 11.3 Å². The average molecular weight is 323 g/mol. The fourth-order valence-electron chi connectivity index (χ4n) is 1.91. The maximum Gasteiger partial charge on any atom is 0.337 e. The monoisotopic (exact) mass is 323 g/mol. The predicted molar refractivity (Wildman–Crippen MR) is 81.2 cm³/mol. The average Bonchev–Trinajstić information content (AvgIpc) is 2.55. The van der Waals surface area contributed by atoms with Crippen LogP contribution in [0.4, 0.5) is 0 Å². The normalized spacial score (nSPS) is 11.5. The third kappa shape index (κ3) is 4.66. The van der Waals surface area contributed by atoms with Crippen LogP contribution in [0.3, 0.4) is 0 Å². The summed E-state index contributed by atoms with van der Waals surface area (Å²) in [6, 6.07) is 3.72. The van der Waals surface area contributed by atoms with Crippen molar-refractivity contribution in [3.05, 3.63) is 37.1 Å². The summed E-state index contributed by atoms with van der Waals surface area (Å²) < 4.78 is 24.6. The largest absolute Gasteiger partial charge is 0.337 e. The molecule has 2 aromatic heterocycles. The molecule has 0 amide bonds. The third-order valence-corrected chi connectivity index (χ3v) is 4.95. The van der Waals surface area contributed by atoms with E-state index >= 15 is 0 Å². The van der Waals surface area contributed by atoms with E-state index in [9.17, 15) is 4.57 Å². The second-order valence-electron chi connectivity index (χ2n) is 4.44. The van der Waals surface area contributed by atoms with Crippen molar-refractivity contribution >= 4 is 7.60 Å². The first-order chi connectivity index (χ1) is 10.7. The van der Waals surface area contributed by atoms with E-state index < -0.39 is 7.60 Å². The summed E-state index contributed by atoms with van der Waals surface area (Å²) in [7, 11) is -3.04. The topological polar surface area (TPSA) is 78.1 Å². The number of rotatable bonds is 8. The van der Waals surface area contributed by atoms with Gasteiger partial charge in [-0.1, -0.05) is 4.68 Å². The van der Waals surface area contributed by atoms with Gasteiger partial charge < -0.3 is 9.05 Å². The molecule has 7 nitrogen and oxygen atoms in total. The Balaban J connectivity index is 2.01. The van der Waals surface area contributed by atoms with Crippen LogP contribution in [0.5, 0.6) is 0 Å². The van der Waals surface area contributed by atoms with Gasteiger partial charge in [0.15, 0.2) is 12.7 Å². The second kappa shape index (κ2) is 8.08. The molecule has 2 aromatic rings. The molecule has 0 saturated heterocycles. The first-order valence-electron chi connectivity index (χ1n) is 7.17. The molecule has 2 rings (SSSR count). The van der Waals surface area contributed by atoms with Gasteiger partial charge in [0, 0.05) is 17.8 Å². The highest BCUT2D eigenvalue weighted by Crippen LogP contribution is 2.47. The van der Waals surface area contributed by atoms with E-state index in [-0.39, 0.29) is 0 Å². The van der Waals surface area contributed by atoms with Gasteiger partial charge in [0.05, 0.1) is 18.9 Å². The van der Waals surface area contributed by atoms with Gasteiger partial charge >= 0.3 is 7.60 Å². The van der Waals surface area contributed by atoms with Crippen molar-refractivity contribution in [2.45, 2.75) is 20.4 Å². The summed E-state index contributed by atoms with van der Waals surface area (Å²) in [5.74, 6) is 0. The summed E-state index contributed by atoms with van der Waals surface area (Å²) in [6.07, 6.45) is 7.01. The quantitative estimate of drug-likeness (QED) is 0.547. The van der Waals surface area contributed by atoms with Crippen molar-refractivity contribution in [2.24, 2.45) is 0 Å². The Bertz CT molecular complexity index is 612. The number of aryl methyl sites for hydroxylation is 1. The number of nitrogens with zero attached hydrogens (tertiary/aromatic N) is 4. The summed E-state index contributed by atoms with van der Waals surface area (Å²) in [5, 5.41) is 4.30. The van der Waals surface area contributed by atoms with Gasteiger partial charge in [-0.2, -0.15) is 0 Å². The van der Waals surface area contributed by atoms with E-state index in [4.69, 9.17) is 9.05 Å². The molecule has 22 heavy (non-hydrogen) atoms. The molecule has 0 N–H and O–H groups in total. The van der Waals surface area contributed by atoms with Gasteiger partial charge in [0.2, 0.25) is 0 Å². The SMILES string of the molecule is CCOP(=O)(CC[n+]1ccc(-c2ccncn2)cn1)OCC. The molecule has 118 valence electrons. The summed E-state index contributed by atoms with van der Waals surface area (Å²) in [6.45, 7) is 4.78. The van der Waals surface area contributed by atoms with Crippen molar-refractivity contribution in [1.29, 1.82) is 0 Å². The molecule has 0 aliphatic heterocycles. The molecule has 0 saturated carbocycles. The molecule has 0 spiro atoms. The maximum atomic E-state index is 12.4. The van der Waals surface area contributed by atoms with E-state index in [1.807, 2.05) is 18.3 Å². The van der Waals surface area contributed by atoms with Crippen LogP contribution in [0.25, 0.3) is 11.3 Å². The zero-order chi connectivity index (χ0) is 15.8. The fourth-order valence-corrected chi connectivity index (χ4v) is 3.48. The molecule has 0 aliphatic carbocycles. The molecule has 2 heterocycles. The van der Waals surface area contributed by atoms with E-state index in [0.29, 0.717) is 25.9 Å². The molecule has 0 aromatic carbocycles. The smallest absolute Gasteiger partial charge is 0.309 e. The van der Waals surface area contributed by atoms with E-state index in [2.05, 4.69) is 15.1 Å². The van der Waals surface area contributed by atoms with Gasteiger partial charge in [-0.15, -0.1) is 0 Å². The first-order valence-corrected chi connectivity index (χ1v) is 8.90. The molecular formula is C14H20N4O3P+. The second-order valence-corrected chi connectivity index (χ2v) is 6.63. The zero-order valence-corrected chi connectivity index (χ0v) is 13.6. The minimum absolute atomic E-state index is 0.291. The molecule has 8 heteroatoms. The Hall–Kier alpha value is -1.69. The Kier molecular flexibility index (Phi) is 6.12. The van der Waals surface area contributed by atoms with Gasteiger partial charge in [-0.25, -0.2) is 9.97 Å².